The van der Waals surface area contributed by atoms with Crippen molar-refractivity contribution < 1.29 is 13.5 Å². The highest BCUT2D eigenvalue weighted by Crippen LogP contribution is 2.38. The van der Waals surface area contributed by atoms with E-state index in [1.165, 1.54) is 12.1 Å². The van der Waals surface area contributed by atoms with E-state index >= 15 is 0 Å². The Morgan fingerprint density at radius 3 is 2.30 bits per heavy atom. The summed E-state index contributed by atoms with van der Waals surface area (Å²) in [5.41, 5.74) is 2.34. The Morgan fingerprint density at radius 1 is 1.15 bits per heavy atom. The standard InChI is InChI=1S/C20H18ClF2NO.C2H6/c1-3-25-14-9-17(22)19(18(23)10-14)20-15(11-16(21)12(2)24-20)13-7-5-4-6-8-13;1-2/h4-10,16,24H,2-3,11H2,1H3;1-2H3. The van der Waals surface area contributed by atoms with Gasteiger partial charge in [-0.25, -0.2) is 8.78 Å². The van der Waals surface area contributed by atoms with Crippen LogP contribution in [-0.2, 0) is 0 Å². The number of allylic oxidation sites excluding steroid dienone is 2. The second kappa shape index (κ2) is 9.56. The Balaban J connectivity index is 0.00000126. The molecule has 0 aromatic heterocycles. The summed E-state index contributed by atoms with van der Waals surface area (Å²) >= 11 is 6.31. The summed E-state index contributed by atoms with van der Waals surface area (Å²) in [4.78, 5) is 0. The Morgan fingerprint density at radius 2 is 1.74 bits per heavy atom. The van der Waals surface area contributed by atoms with Crippen molar-refractivity contribution in [3.05, 3.63) is 77.5 Å². The lowest BCUT2D eigenvalue weighted by Gasteiger charge is -2.28. The molecule has 2 nitrogen and oxygen atoms in total. The average molecular weight is 392 g/mol. The Bertz CT molecular complexity index is 810. The summed E-state index contributed by atoms with van der Waals surface area (Å²) in [5.74, 6) is -1.23. The molecule has 0 bridgehead atoms. The molecule has 144 valence electrons. The highest BCUT2D eigenvalue weighted by atomic mass is 35.5. The van der Waals surface area contributed by atoms with Gasteiger partial charge in [0.05, 0.1) is 23.2 Å². The van der Waals surface area contributed by atoms with Crippen LogP contribution in [0.25, 0.3) is 11.3 Å². The second-order valence-electron chi connectivity index (χ2n) is 5.74. The summed E-state index contributed by atoms with van der Waals surface area (Å²) in [5, 5.41) is 2.64. The first-order valence-electron chi connectivity index (χ1n) is 9.02. The van der Waals surface area contributed by atoms with E-state index in [9.17, 15) is 8.78 Å². The van der Waals surface area contributed by atoms with Crippen molar-refractivity contribution in [3.8, 4) is 5.75 Å². The van der Waals surface area contributed by atoms with Crippen LogP contribution in [0.15, 0.2) is 54.7 Å². The van der Waals surface area contributed by atoms with E-state index in [0.29, 0.717) is 24.4 Å². The molecule has 2 aromatic rings. The Kier molecular flexibility index (Phi) is 7.43. The Hall–Kier alpha value is -2.33. The van der Waals surface area contributed by atoms with Crippen molar-refractivity contribution in [1.29, 1.82) is 0 Å². The van der Waals surface area contributed by atoms with Crippen LogP contribution in [0.1, 0.15) is 38.3 Å². The molecule has 0 amide bonds. The van der Waals surface area contributed by atoms with Gasteiger partial charge in [0.15, 0.2) is 0 Å². The lowest BCUT2D eigenvalue weighted by Crippen LogP contribution is -2.26. The lowest BCUT2D eigenvalue weighted by atomic mass is 9.91. The minimum atomic E-state index is -0.694. The van der Waals surface area contributed by atoms with Crippen molar-refractivity contribution >= 4 is 22.9 Å². The third kappa shape index (κ3) is 4.69. The fourth-order valence-corrected chi connectivity index (χ4v) is 3.08. The number of nitrogens with one attached hydrogen (secondary N) is 1. The molecule has 2 aromatic carbocycles. The molecule has 1 aliphatic heterocycles. The number of rotatable bonds is 4. The van der Waals surface area contributed by atoms with Gasteiger partial charge < -0.3 is 10.1 Å². The summed E-state index contributed by atoms with van der Waals surface area (Å²) in [6.07, 6.45) is 0.429. The zero-order valence-corrected chi connectivity index (χ0v) is 16.5. The summed E-state index contributed by atoms with van der Waals surface area (Å²) in [7, 11) is 0. The number of ether oxygens (including phenoxy) is 1. The van der Waals surface area contributed by atoms with E-state index in [0.717, 1.165) is 11.1 Å². The fraction of sp³-hybridized carbons (Fsp3) is 0.273. The van der Waals surface area contributed by atoms with Crippen LogP contribution in [0.5, 0.6) is 5.75 Å². The van der Waals surface area contributed by atoms with Crippen molar-refractivity contribution in [2.45, 2.75) is 32.6 Å². The van der Waals surface area contributed by atoms with Crippen LogP contribution in [-0.4, -0.2) is 12.0 Å². The van der Waals surface area contributed by atoms with Crippen LogP contribution >= 0.6 is 11.6 Å². The van der Waals surface area contributed by atoms with E-state index in [2.05, 4.69) is 11.9 Å². The first kappa shape index (κ1) is 21.0. The van der Waals surface area contributed by atoms with Crippen LogP contribution < -0.4 is 10.1 Å². The van der Waals surface area contributed by atoms with Crippen LogP contribution in [0.2, 0.25) is 0 Å². The summed E-state index contributed by atoms with van der Waals surface area (Å²) in [6.45, 7) is 9.95. The molecule has 1 aliphatic rings. The highest BCUT2D eigenvalue weighted by Gasteiger charge is 2.28. The lowest BCUT2D eigenvalue weighted by molar-refractivity contribution is 0.335. The van der Waals surface area contributed by atoms with Gasteiger partial charge in [0.1, 0.15) is 17.4 Å². The van der Waals surface area contributed by atoms with Crippen LogP contribution in [0, 0.1) is 11.6 Å². The molecule has 0 spiro atoms. The van der Waals surface area contributed by atoms with Gasteiger partial charge in [-0.1, -0.05) is 50.8 Å². The van der Waals surface area contributed by atoms with Gasteiger partial charge in [-0.3, -0.25) is 0 Å². The molecule has 0 aliphatic carbocycles. The third-order valence-electron chi connectivity index (χ3n) is 4.05. The molecule has 1 unspecified atom stereocenters. The normalized spacial score (nSPS) is 16.4. The maximum atomic E-state index is 14.7. The van der Waals surface area contributed by atoms with Gasteiger partial charge in [-0.05, 0) is 24.5 Å². The van der Waals surface area contributed by atoms with E-state index in [1.54, 1.807) is 6.92 Å². The molecule has 0 saturated heterocycles. The van der Waals surface area contributed by atoms with E-state index in [1.807, 2.05) is 44.2 Å². The number of benzene rings is 2. The van der Waals surface area contributed by atoms with Crippen LogP contribution in [0.3, 0.4) is 0 Å². The number of hydrogen-bond donors (Lipinski definition) is 1. The largest absolute Gasteiger partial charge is 0.494 e. The predicted molar refractivity (Wildman–Crippen MR) is 109 cm³/mol. The van der Waals surface area contributed by atoms with Crippen LogP contribution in [0.4, 0.5) is 8.78 Å². The maximum absolute atomic E-state index is 14.7. The monoisotopic (exact) mass is 391 g/mol. The molecular weight excluding hydrogens is 368 g/mol. The average Bonchev–Trinajstić information content (AvgIpc) is 2.66. The van der Waals surface area contributed by atoms with Crippen molar-refractivity contribution in [2.24, 2.45) is 0 Å². The number of hydrogen-bond acceptors (Lipinski definition) is 2. The molecule has 1 heterocycles. The van der Waals surface area contributed by atoms with Gasteiger partial charge in [0.2, 0.25) is 0 Å². The minimum absolute atomic E-state index is 0.132. The molecule has 5 heteroatoms. The minimum Gasteiger partial charge on any atom is -0.494 e. The molecule has 3 rings (SSSR count). The van der Waals surface area contributed by atoms with Gasteiger partial charge in [0.25, 0.3) is 0 Å². The number of alkyl halides is 1. The van der Waals surface area contributed by atoms with Crippen molar-refractivity contribution in [3.63, 3.8) is 0 Å². The smallest absolute Gasteiger partial charge is 0.139 e. The first-order chi connectivity index (χ1) is 13.0. The molecule has 27 heavy (non-hydrogen) atoms. The highest BCUT2D eigenvalue weighted by molar-refractivity contribution is 6.23. The molecule has 0 fully saturated rings. The van der Waals surface area contributed by atoms with Crippen molar-refractivity contribution in [2.75, 3.05) is 6.61 Å². The molecule has 0 saturated carbocycles. The number of halogens is 3. The van der Waals surface area contributed by atoms with Gasteiger partial charge in [-0.2, -0.15) is 0 Å². The summed E-state index contributed by atoms with van der Waals surface area (Å²) < 4.78 is 34.6. The molecule has 1 atom stereocenters. The predicted octanol–water partition coefficient (Wildman–Crippen LogP) is 6.37. The molecule has 0 radical (unpaired) electrons. The van der Waals surface area contributed by atoms with Crippen molar-refractivity contribution in [1.82, 2.24) is 5.32 Å². The van der Waals surface area contributed by atoms with E-state index < -0.39 is 11.6 Å². The SMILES string of the molecule is C=C1NC(c2c(F)cc(OCC)cc2F)=C(c2ccccc2)CC1Cl.CC. The maximum Gasteiger partial charge on any atom is 0.139 e. The fourth-order valence-electron chi connectivity index (χ4n) is 2.87. The Labute approximate surface area is 164 Å². The van der Waals surface area contributed by atoms with E-state index in [4.69, 9.17) is 16.3 Å². The first-order valence-corrected chi connectivity index (χ1v) is 9.45. The summed E-state index contributed by atoms with van der Waals surface area (Å²) in [6, 6.07) is 11.8. The third-order valence-corrected chi connectivity index (χ3v) is 4.47. The zero-order chi connectivity index (χ0) is 20.0. The molecule has 1 N–H and O–H groups in total. The van der Waals surface area contributed by atoms with Gasteiger partial charge in [-0.15, -0.1) is 11.6 Å². The van der Waals surface area contributed by atoms with Gasteiger partial charge >= 0.3 is 0 Å². The second-order valence-corrected chi connectivity index (χ2v) is 6.26. The van der Waals surface area contributed by atoms with Gasteiger partial charge in [0, 0.05) is 17.8 Å². The topological polar surface area (TPSA) is 21.3 Å². The quantitative estimate of drug-likeness (QED) is 0.611. The zero-order valence-electron chi connectivity index (χ0n) is 15.8. The molecular formula is C22H24ClF2NO. The van der Waals surface area contributed by atoms with E-state index in [-0.39, 0.29) is 16.7 Å².